The molecule has 0 unspecified atom stereocenters. The number of Topliss-reactive ketones (excluding diaryl/α,β-unsaturated/α-hetero) is 2. The van der Waals surface area contributed by atoms with Gasteiger partial charge in [0.2, 0.25) is 17.7 Å². The summed E-state index contributed by atoms with van der Waals surface area (Å²) in [5.74, 6) is 8.91. The molecular formula is C15H29N5O5. The SMILES string of the molecule is CC(=O)CC=CC(N)=O.CC(C)=O.NNC(=O)CCCCC(=O)NN. The molecule has 0 aromatic heterocycles. The number of carbonyl (C=O) groups is 5. The number of hydrazine groups is 2. The average molecular weight is 359 g/mol. The molecule has 0 saturated carbocycles. The van der Waals surface area contributed by atoms with Crippen molar-refractivity contribution in [2.75, 3.05) is 0 Å². The van der Waals surface area contributed by atoms with Crippen molar-refractivity contribution >= 4 is 29.3 Å². The van der Waals surface area contributed by atoms with E-state index >= 15 is 0 Å². The fourth-order valence-electron chi connectivity index (χ4n) is 1.06. The highest BCUT2D eigenvalue weighted by Crippen LogP contribution is 1.98. The second-order valence-corrected chi connectivity index (χ2v) is 4.96. The number of hydrogen-bond acceptors (Lipinski definition) is 7. The zero-order valence-corrected chi connectivity index (χ0v) is 15.0. The van der Waals surface area contributed by atoms with Gasteiger partial charge in [0.25, 0.3) is 0 Å². The van der Waals surface area contributed by atoms with Gasteiger partial charge in [0, 0.05) is 19.3 Å². The quantitative estimate of drug-likeness (QED) is 0.122. The van der Waals surface area contributed by atoms with E-state index in [1.165, 1.54) is 32.9 Å². The zero-order valence-electron chi connectivity index (χ0n) is 15.0. The van der Waals surface area contributed by atoms with Crippen LogP contribution in [0.4, 0.5) is 0 Å². The second-order valence-electron chi connectivity index (χ2n) is 4.96. The van der Waals surface area contributed by atoms with Gasteiger partial charge in [-0.3, -0.25) is 30.0 Å². The molecule has 0 aliphatic heterocycles. The van der Waals surface area contributed by atoms with Crippen LogP contribution in [0.15, 0.2) is 12.2 Å². The van der Waals surface area contributed by atoms with Gasteiger partial charge in [0.15, 0.2) is 0 Å². The van der Waals surface area contributed by atoms with Crippen LogP contribution in [-0.2, 0) is 24.0 Å². The van der Waals surface area contributed by atoms with Crippen LogP contribution in [0.3, 0.4) is 0 Å². The second kappa shape index (κ2) is 19.5. The molecule has 0 rings (SSSR count). The highest BCUT2D eigenvalue weighted by atomic mass is 16.2. The maximum Gasteiger partial charge on any atom is 0.241 e. The summed E-state index contributed by atoms with van der Waals surface area (Å²) in [5, 5.41) is 0. The Morgan fingerprint density at radius 3 is 1.44 bits per heavy atom. The van der Waals surface area contributed by atoms with Crippen LogP contribution < -0.4 is 28.3 Å². The largest absolute Gasteiger partial charge is 0.366 e. The molecule has 0 aliphatic rings. The van der Waals surface area contributed by atoms with E-state index < -0.39 is 5.91 Å². The van der Waals surface area contributed by atoms with Gasteiger partial charge >= 0.3 is 0 Å². The molecule has 10 nitrogen and oxygen atoms in total. The molecule has 0 aliphatic carbocycles. The van der Waals surface area contributed by atoms with Crippen LogP contribution in [-0.4, -0.2) is 29.3 Å². The molecule has 0 radical (unpaired) electrons. The Morgan fingerprint density at radius 2 is 1.20 bits per heavy atom. The summed E-state index contributed by atoms with van der Waals surface area (Å²) in [4.78, 5) is 50.8. The topological polar surface area (TPSA) is 187 Å². The standard InChI is InChI=1S/C6H14N4O2.C6H9NO2.C3H6O/c7-9-5(11)3-1-2-4-6(12)10-8;1-5(8)3-2-4-6(7)9;1-3(2)4/h1-4,7-8H2,(H,9,11)(H,10,12);2,4H,3H2,1H3,(H2,7,9);1-2H3. The van der Waals surface area contributed by atoms with Crippen LogP contribution in [0.25, 0.3) is 0 Å². The maximum atomic E-state index is 10.6. The summed E-state index contributed by atoms with van der Waals surface area (Å²) < 4.78 is 0. The number of rotatable bonds is 8. The summed E-state index contributed by atoms with van der Waals surface area (Å²) >= 11 is 0. The van der Waals surface area contributed by atoms with Crippen molar-refractivity contribution in [3.63, 3.8) is 0 Å². The number of nitrogens with one attached hydrogen (secondary N) is 2. The molecule has 0 aromatic rings. The Bertz CT molecular complexity index is 441. The third kappa shape index (κ3) is 38.8. The van der Waals surface area contributed by atoms with Crippen molar-refractivity contribution in [2.45, 2.75) is 52.9 Å². The number of primary amides is 1. The summed E-state index contributed by atoms with van der Waals surface area (Å²) in [7, 11) is 0. The lowest BCUT2D eigenvalue weighted by Crippen LogP contribution is -2.30. The number of nitrogens with two attached hydrogens (primary N) is 3. The minimum absolute atomic E-state index is 0.0208. The number of allylic oxidation sites excluding steroid dienone is 1. The van der Waals surface area contributed by atoms with Gasteiger partial charge in [-0.05, 0) is 39.7 Å². The number of unbranched alkanes of at least 4 members (excludes halogenated alkanes) is 1. The Balaban J connectivity index is -0.000000328. The molecule has 0 atom stereocenters. The van der Waals surface area contributed by atoms with Crippen molar-refractivity contribution in [1.29, 1.82) is 0 Å². The molecule has 10 heteroatoms. The van der Waals surface area contributed by atoms with E-state index in [-0.39, 0.29) is 29.8 Å². The molecule has 0 bridgehead atoms. The Morgan fingerprint density at radius 1 is 0.840 bits per heavy atom. The summed E-state index contributed by atoms with van der Waals surface area (Å²) in [6, 6.07) is 0. The third-order valence-corrected chi connectivity index (χ3v) is 2.07. The zero-order chi connectivity index (χ0) is 20.3. The normalized spacial score (nSPS) is 9.00. The number of amides is 3. The lowest BCUT2D eigenvalue weighted by atomic mass is 10.2. The highest BCUT2D eigenvalue weighted by Gasteiger charge is 2.00. The van der Waals surface area contributed by atoms with E-state index in [1.807, 2.05) is 10.9 Å². The van der Waals surface area contributed by atoms with E-state index in [2.05, 4.69) is 0 Å². The van der Waals surface area contributed by atoms with Crippen molar-refractivity contribution in [3.05, 3.63) is 12.2 Å². The molecule has 8 N–H and O–H groups in total. The van der Waals surface area contributed by atoms with Crippen molar-refractivity contribution < 1.29 is 24.0 Å². The number of carbonyl (C=O) groups excluding carboxylic acids is 5. The Kier molecular flexibility index (Phi) is 21.2. The van der Waals surface area contributed by atoms with Gasteiger partial charge in [-0.2, -0.15) is 0 Å². The van der Waals surface area contributed by atoms with E-state index in [1.54, 1.807) is 0 Å². The smallest absolute Gasteiger partial charge is 0.241 e. The van der Waals surface area contributed by atoms with E-state index in [9.17, 15) is 24.0 Å². The van der Waals surface area contributed by atoms with Gasteiger partial charge < -0.3 is 10.5 Å². The minimum atomic E-state index is -0.517. The first-order chi connectivity index (χ1) is 11.6. The molecular weight excluding hydrogens is 330 g/mol. The lowest BCUT2D eigenvalue weighted by Gasteiger charge is -1.99. The van der Waals surface area contributed by atoms with Crippen LogP contribution in [0.5, 0.6) is 0 Å². The first-order valence-electron chi connectivity index (χ1n) is 7.48. The first-order valence-corrected chi connectivity index (χ1v) is 7.48. The van der Waals surface area contributed by atoms with Gasteiger partial charge in [0.1, 0.15) is 11.6 Å². The van der Waals surface area contributed by atoms with Crippen LogP contribution in [0, 0.1) is 0 Å². The fraction of sp³-hybridized carbons (Fsp3) is 0.533. The third-order valence-electron chi connectivity index (χ3n) is 2.07. The van der Waals surface area contributed by atoms with Crippen molar-refractivity contribution in [2.24, 2.45) is 17.4 Å². The van der Waals surface area contributed by atoms with E-state index in [4.69, 9.17) is 17.4 Å². The molecule has 0 aromatic carbocycles. The Labute approximate surface area is 147 Å². The molecule has 25 heavy (non-hydrogen) atoms. The molecule has 0 saturated heterocycles. The fourth-order valence-corrected chi connectivity index (χ4v) is 1.06. The molecule has 3 amide bonds. The molecule has 0 heterocycles. The predicted molar refractivity (Wildman–Crippen MR) is 93.1 cm³/mol. The summed E-state index contributed by atoms with van der Waals surface area (Å²) in [5.41, 5.74) is 8.75. The summed E-state index contributed by atoms with van der Waals surface area (Å²) in [6.45, 7) is 4.51. The maximum absolute atomic E-state index is 10.6. The lowest BCUT2D eigenvalue weighted by molar-refractivity contribution is -0.123. The minimum Gasteiger partial charge on any atom is -0.366 e. The highest BCUT2D eigenvalue weighted by molar-refractivity contribution is 5.87. The first kappa shape index (κ1) is 27.3. The van der Waals surface area contributed by atoms with Crippen molar-refractivity contribution in [1.82, 2.24) is 10.9 Å². The molecule has 0 fully saturated rings. The van der Waals surface area contributed by atoms with Crippen LogP contribution in [0.2, 0.25) is 0 Å². The van der Waals surface area contributed by atoms with Gasteiger partial charge in [-0.25, -0.2) is 11.7 Å². The van der Waals surface area contributed by atoms with Crippen molar-refractivity contribution in [3.8, 4) is 0 Å². The predicted octanol–water partition coefficient (Wildman–Crippen LogP) is -0.871. The number of hydrogen-bond donors (Lipinski definition) is 5. The average Bonchev–Trinajstić information content (AvgIpc) is 2.50. The van der Waals surface area contributed by atoms with Crippen LogP contribution >= 0.6 is 0 Å². The van der Waals surface area contributed by atoms with Gasteiger partial charge in [0.05, 0.1) is 0 Å². The molecule has 144 valence electrons. The van der Waals surface area contributed by atoms with Gasteiger partial charge in [-0.15, -0.1) is 0 Å². The van der Waals surface area contributed by atoms with E-state index in [0.717, 1.165) is 0 Å². The molecule has 0 spiro atoms. The van der Waals surface area contributed by atoms with Crippen LogP contribution in [0.1, 0.15) is 52.9 Å². The monoisotopic (exact) mass is 359 g/mol. The summed E-state index contributed by atoms with van der Waals surface area (Å²) in [6.07, 6.45) is 4.87. The van der Waals surface area contributed by atoms with E-state index in [0.29, 0.717) is 25.7 Å². The Hall–Kier alpha value is -2.59. The number of ketones is 2. The van der Waals surface area contributed by atoms with Gasteiger partial charge in [-0.1, -0.05) is 6.08 Å².